The first-order chi connectivity index (χ1) is 13.9. The van der Waals surface area contributed by atoms with Crippen molar-refractivity contribution in [2.75, 3.05) is 27.2 Å². The number of amides is 3. The molecule has 1 aromatic carbocycles. The van der Waals surface area contributed by atoms with E-state index in [1.165, 1.54) is 11.9 Å². The van der Waals surface area contributed by atoms with Gasteiger partial charge in [-0.1, -0.05) is 30.3 Å². The number of carbonyl (C=O) groups is 3. The molecule has 2 saturated heterocycles. The summed E-state index contributed by atoms with van der Waals surface area (Å²) in [6.07, 6.45) is -0.969. The second-order valence-corrected chi connectivity index (χ2v) is 7.47. The number of urea groups is 1. The number of nitrogens with zero attached hydrogens (tertiary/aromatic N) is 5. The second kappa shape index (κ2) is 7.45. The van der Waals surface area contributed by atoms with Gasteiger partial charge in [0.2, 0.25) is 0 Å². The van der Waals surface area contributed by atoms with Crippen molar-refractivity contribution in [2.45, 2.75) is 32.0 Å². The number of hydrogen-bond donors (Lipinski definition) is 1. The first-order valence-electron chi connectivity index (χ1n) is 9.43. The van der Waals surface area contributed by atoms with E-state index in [2.05, 4.69) is 10.4 Å². The maximum absolute atomic E-state index is 12.8. The van der Waals surface area contributed by atoms with Crippen LogP contribution in [0.3, 0.4) is 0 Å². The van der Waals surface area contributed by atoms with Crippen LogP contribution in [0.4, 0.5) is 4.79 Å². The molecule has 154 valence electrons. The SMILES string of the molecule is CC1=NN(CC(=O)OCc2ccccc2)C2NC3C(C(=O)N(C)C(=O)N3C)N2C1. The third-order valence-corrected chi connectivity index (χ3v) is 5.41. The lowest BCUT2D eigenvalue weighted by Gasteiger charge is -2.41. The van der Waals surface area contributed by atoms with Gasteiger partial charge in [-0.05, 0) is 12.5 Å². The number of hydrazone groups is 1. The summed E-state index contributed by atoms with van der Waals surface area (Å²) in [6.45, 7) is 2.43. The van der Waals surface area contributed by atoms with Gasteiger partial charge in [-0.3, -0.25) is 24.8 Å². The van der Waals surface area contributed by atoms with Gasteiger partial charge in [-0.15, -0.1) is 0 Å². The number of esters is 1. The van der Waals surface area contributed by atoms with Gasteiger partial charge in [0.1, 0.15) is 25.4 Å². The Bertz CT molecular complexity index is 860. The summed E-state index contributed by atoms with van der Waals surface area (Å²) in [7, 11) is 3.13. The Kier molecular flexibility index (Phi) is 4.97. The number of fused-ring (bicyclic) bond motifs is 3. The topological polar surface area (TPSA) is 97.8 Å². The standard InChI is InChI=1S/C19H24N6O4/c1-12-9-24-15-16(22(2)19(28)23(3)17(15)27)20-18(24)25(21-12)10-14(26)29-11-13-7-5-4-6-8-13/h4-8,15-16,18,20H,9-11H2,1-3H3. The smallest absolute Gasteiger partial charge is 0.327 e. The van der Waals surface area contributed by atoms with Crippen molar-refractivity contribution in [3.8, 4) is 0 Å². The van der Waals surface area contributed by atoms with E-state index < -0.39 is 24.5 Å². The third-order valence-electron chi connectivity index (χ3n) is 5.41. The lowest BCUT2D eigenvalue weighted by molar-refractivity contribution is -0.148. The van der Waals surface area contributed by atoms with Gasteiger partial charge in [-0.2, -0.15) is 5.10 Å². The maximum Gasteiger partial charge on any atom is 0.327 e. The lowest BCUT2D eigenvalue weighted by atomic mass is 10.1. The number of hydrogen-bond acceptors (Lipinski definition) is 8. The molecule has 0 aromatic heterocycles. The molecule has 0 radical (unpaired) electrons. The van der Waals surface area contributed by atoms with E-state index >= 15 is 0 Å². The van der Waals surface area contributed by atoms with E-state index in [0.29, 0.717) is 6.54 Å². The van der Waals surface area contributed by atoms with Gasteiger partial charge in [0.15, 0.2) is 6.29 Å². The Labute approximate surface area is 168 Å². The van der Waals surface area contributed by atoms with E-state index in [4.69, 9.17) is 4.74 Å². The fourth-order valence-electron chi connectivity index (χ4n) is 3.97. The zero-order valence-corrected chi connectivity index (χ0v) is 16.6. The Hall–Kier alpha value is -2.98. The molecular weight excluding hydrogens is 376 g/mol. The van der Waals surface area contributed by atoms with E-state index in [9.17, 15) is 14.4 Å². The van der Waals surface area contributed by atoms with Crippen molar-refractivity contribution in [1.82, 2.24) is 25.0 Å². The van der Waals surface area contributed by atoms with Crippen LogP contribution in [0.25, 0.3) is 0 Å². The van der Waals surface area contributed by atoms with Crippen molar-refractivity contribution in [2.24, 2.45) is 5.10 Å². The molecule has 4 rings (SSSR count). The minimum absolute atomic E-state index is 0.0700. The molecule has 0 aliphatic carbocycles. The molecule has 29 heavy (non-hydrogen) atoms. The molecule has 1 N–H and O–H groups in total. The van der Waals surface area contributed by atoms with E-state index in [-0.39, 0.29) is 25.1 Å². The summed E-state index contributed by atoms with van der Waals surface area (Å²) in [5.74, 6) is -0.689. The van der Waals surface area contributed by atoms with Crippen LogP contribution in [0, 0.1) is 0 Å². The second-order valence-electron chi connectivity index (χ2n) is 7.47. The number of imide groups is 1. The van der Waals surface area contributed by atoms with Gasteiger partial charge in [0.25, 0.3) is 5.91 Å². The van der Waals surface area contributed by atoms with Crippen molar-refractivity contribution in [1.29, 1.82) is 0 Å². The van der Waals surface area contributed by atoms with Gasteiger partial charge < -0.3 is 9.64 Å². The van der Waals surface area contributed by atoms with Gasteiger partial charge in [-0.25, -0.2) is 9.69 Å². The van der Waals surface area contributed by atoms with Crippen LogP contribution in [0.15, 0.2) is 35.4 Å². The molecule has 0 spiro atoms. The average molecular weight is 400 g/mol. The monoisotopic (exact) mass is 400 g/mol. The van der Waals surface area contributed by atoms with Gasteiger partial charge in [0, 0.05) is 26.4 Å². The minimum Gasteiger partial charge on any atom is -0.459 e. The number of rotatable bonds is 4. The van der Waals surface area contributed by atoms with E-state index in [1.807, 2.05) is 42.2 Å². The normalized spacial score (nSPS) is 26.9. The number of benzene rings is 1. The Morgan fingerprint density at radius 1 is 1.24 bits per heavy atom. The minimum atomic E-state index is -0.541. The van der Waals surface area contributed by atoms with Gasteiger partial charge >= 0.3 is 12.0 Å². The third kappa shape index (κ3) is 3.45. The number of nitrogens with one attached hydrogen (secondary N) is 1. The predicted octanol–water partition coefficient (Wildman–Crippen LogP) is -0.171. The van der Waals surface area contributed by atoms with Crippen LogP contribution in [0.1, 0.15) is 12.5 Å². The largest absolute Gasteiger partial charge is 0.459 e. The summed E-state index contributed by atoms with van der Waals surface area (Å²) in [5.41, 5.74) is 1.68. The zero-order chi connectivity index (χ0) is 20.7. The molecule has 0 bridgehead atoms. The quantitative estimate of drug-likeness (QED) is 0.701. The van der Waals surface area contributed by atoms with Crippen molar-refractivity contribution in [3.63, 3.8) is 0 Å². The fourth-order valence-corrected chi connectivity index (χ4v) is 3.97. The molecule has 10 heteroatoms. The fraction of sp³-hybridized carbons (Fsp3) is 0.474. The highest BCUT2D eigenvalue weighted by Crippen LogP contribution is 2.29. The Balaban J connectivity index is 1.47. The Morgan fingerprint density at radius 3 is 2.69 bits per heavy atom. The number of likely N-dealkylation sites (N-methyl/N-ethyl adjacent to an activating group) is 2. The number of carbonyl (C=O) groups excluding carboxylic acids is 3. The number of ether oxygens (including phenoxy) is 1. The molecule has 0 saturated carbocycles. The van der Waals surface area contributed by atoms with Crippen LogP contribution in [-0.4, -0.2) is 89.0 Å². The highest BCUT2D eigenvalue weighted by Gasteiger charge is 2.55. The maximum atomic E-state index is 12.8. The molecule has 2 fully saturated rings. The summed E-state index contributed by atoms with van der Waals surface area (Å²) < 4.78 is 5.37. The molecule has 3 unspecified atom stereocenters. The van der Waals surface area contributed by atoms with E-state index in [0.717, 1.165) is 16.2 Å². The molecule has 3 aliphatic rings. The summed E-state index contributed by atoms with van der Waals surface area (Å²) >= 11 is 0. The molecule has 3 heterocycles. The molecule has 1 aromatic rings. The summed E-state index contributed by atoms with van der Waals surface area (Å²) in [5, 5.41) is 9.33. The van der Waals surface area contributed by atoms with Crippen LogP contribution in [0.5, 0.6) is 0 Å². The van der Waals surface area contributed by atoms with Crippen molar-refractivity contribution < 1.29 is 19.1 Å². The highest BCUT2D eigenvalue weighted by atomic mass is 16.5. The first kappa shape index (κ1) is 19.3. The molecule has 10 nitrogen and oxygen atoms in total. The Morgan fingerprint density at radius 2 is 1.97 bits per heavy atom. The molecule has 3 amide bonds. The van der Waals surface area contributed by atoms with Crippen LogP contribution >= 0.6 is 0 Å². The molecular formula is C19H24N6O4. The average Bonchev–Trinajstić information content (AvgIpc) is 3.09. The van der Waals surface area contributed by atoms with Crippen LogP contribution in [0.2, 0.25) is 0 Å². The lowest BCUT2D eigenvalue weighted by Crippen LogP contribution is -2.65. The van der Waals surface area contributed by atoms with Crippen LogP contribution < -0.4 is 5.32 Å². The molecule has 3 aliphatic heterocycles. The van der Waals surface area contributed by atoms with Crippen molar-refractivity contribution in [3.05, 3.63) is 35.9 Å². The molecule has 3 atom stereocenters. The van der Waals surface area contributed by atoms with E-state index in [1.54, 1.807) is 12.1 Å². The predicted molar refractivity (Wildman–Crippen MR) is 103 cm³/mol. The summed E-state index contributed by atoms with van der Waals surface area (Å²) in [4.78, 5) is 42.0. The van der Waals surface area contributed by atoms with Crippen LogP contribution in [-0.2, 0) is 20.9 Å². The highest BCUT2D eigenvalue weighted by molar-refractivity contribution is 6.00. The van der Waals surface area contributed by atoms with Crippen molar-refractivity contribution >= 4 is 23.6 Å². The zero-order valence-electron chi connectivity index (χ0n) is 16.6. The first-order valence-corrected chi connectivity index (χ1v) is 9.43. The summed E-state index contributed by atoms with van der Waals surface area (Å²) in [6, 6.07) is 8.53. The van der Waals surface area contributed by atoms with Gasteiger partial charge in [0.05, 0.1) is 0 Å².